The van der Waals surface area contributed by atoms with Crippen molar-refractivity contribution >= 4 is 17.6 Å². The third-order valence-electron chi connectivity index (χ3n) is 5.03. The molecule has 1 aromatic rings. The molecular weight excluding hydrogens is 318 g/mol. The van der Waals surface area contributed by atoms with Crippen molar-refractivity contribution in [1.82, 2.24) is 19.8 Å². The number of rotatable bonds is 3. The number of nitrogens with zero attached hydrogens (tertiary/aromatic N) is 4. The minimum atomic E-state index is -0.0830. The van der Waals surface area contributed by atoms with Gasteiger partial charge in [-0.2, -0.15) is 0 Å². The smallest absolute Gasteiger partial charge is 0.272 e. The number of aryl methyl sites for hydroxylation is 1. The van der Waals surface area contributed by atoms with Crippen LogP contribution in [0.5, 0.6) is 0 Å². The fourth-order valence-corrected chi connectivity index (χ4v) is 3.59. The average Bonchev–Trinajstić information content (AvgIpc) is 2.61. The van der Waals surface area contributed by atoms with Gasteiger partial charge in [0.25, 0.3) is 5.91 Å². The van der Waals surface area contributed by atoms with Crippen LogP contribution in [0.1, 0.15) is 55.3 Å². The lowest BCUT2D eigenvalue weighted by molar-refractivity contribution is -0.130. The molecule has 0 radical (unpaired) electrons. The van der Waals surface area contributed by atoms with E-state index in [-0.39, 0.29) is 11.8 Å². The quantitative estimate of drug-likeness (QED) is 0.904. The highest BCUT2D eigenvalue weighted by Gasteiger charge is 2.25. The number of hydrogen-bond donors (Lipinski definition) is 1. The molecule has 1 saturated heterocycles. The van der Waals surface area contributed by atoms with Gasteiger partial charge >= 0.3 is 0 Å². The highest BCUT2D eigenvalue weighted by Crippen LogP contribution is 2.21. The SMILES string of the molecule is CC(=O)N1CCN(C(=O)c2cc(NC3CCCCC3)nc(C)n2)CC1. The maximum Gasteiger partial charge on any atom is 0.272 e. The Balaban J connectivity index is 1.67. The van der Waals surface area contributed by atoms with Crippen molar-refractivity contribution in [2.75, 3.05) is 31.5 Å². The van der Waals surface area contributed by atoms with E-state index >= 15 is 0 Å². The second-order valence-electron chi connectivity index (χ2n) is 6.96. The first-order valence-electron chi connectivity index (χ1n) is 9.20. The van der Waals surface area contributed by atoms with E-state index in [1.807, 2.05) is 6.92 Å². The normalized spacial score (nSPS) is 19.0. The summed E-state index contributed by atoms with van der Waals surface area (Å²) in [4.78, 5) is 36.5. The lowest BCUT2D eigenvalue weighted by atomic mass is 9.95. The van der Waals surface area contributed by atoms with Crippen molar-refractivity contribution in [2.24, 2.45) is 0 Å². The van der Waals surface area contributed by atoms with Crippen LogP contribution in [0.2, 0.25) is 0 Å². The Labute approximate surface area is 148 Å². The molecule has 1 aromatic heterocycles. The molecule has 1 aliphatic carbocycles. The standard InChI is InChI=1S/C18H27N5O2/c1-13-19-16(12-17(20-13)21-15-6-4-3-5-7-15)18(25)23-10-8-22(9-11-23)14(2)24/h12,15H,3-11H2,1-2H3,(H,19,20,21). The molecule has 1 saturated carbocycles. The molecular formula is C18H27N5O2. The lowest BCUT2D eigenvalue weighted by Crippen LogP contribution is -2.50. The van der Waals surface area contributed by atoms with Gasteiger partial charge in [-0.25, -0.2) is 9.97 Å². The molecule has 2 aliphatic rings. The van der Waals surface area contributed by atoms with Gasteiger partial charge in [0.15, 0.2) is 0 Å². The fraction of sp³-hybridized carbons (Fsp3) is 0.667. The molecule has 0 unspecified atom stereocenters. The molecule has 2 amide bonds. The van der Waals surface area contributed by atoms with E-state index in [1.54, 1.807) is 22.8 Å². The van der Waals surface area contributed by atoms with Gasteiger partial charge in [0, 0.05) is 45.2 Å². The Hall–Kier alpha value is -2.18. The maximum absolute atomic E-state index is 12.8. The Morgan fingerprint density at radius 1 is 1.04 bits per heavy atom. The van der Waals surface area contributed by atoms with Crippen LogP contribution in [0.4, 0.5) is 5.82 Å². The molecule has 7 nitrogen and oxygen atoms in total. The number of carbonyl (C=O) groups excluding carboxylic acids is 2. The zero-order chi connectivity index (χ0) is 17.8. The third-order valence-corrected chi connectivity index (χ3v) is 5.03. The Morgan fingerprint density at radius 3 is 2.32 bits per heavy atom. The van der Waals surface area contributed by atoms with Crippen LogP contribution in [0.15, 0.2) is 6.07 Å². The summed E-state index contributed by atoms with van der Waals surface area (Å²) in [5.41, 5.74) is 0.432. The van der Waals surface area contributed by atoms with Gasteiger partial charge in [0.1, 0.15) is 17.3 Å². The summed E-state index contributed by atoms with van der Waals surface area (Å²) in [6.07, 6.45) is 6.09. The molecule has 0 bridgehead atoms. The molecule has 1 aliphatic heterocycles. The zero-order valence-corrected chi connectivity index (χ0v) is 15.1. The number of aromatic nitrogens is 2. The number of nitrogens with one attached hydrogen (secondary N) is 1. The summed E-state index contributed by atoms with van der Waals surface area (Å²) in [6, 6.07) is 2.20. The van der Waals surface area contributed by atoms with Gasteiger partial charge in [-0.1, -0.05) is 19.3 Å². The number of hydrogen-bond acceptors (Lipinski definition) is 5. The number of carbonyl (C=O) groups is 2. The van der Waals surface area contributed by atoms with Crippen molar-refractivity contribution in [2.45, 2.75) is 52.0 Å². The molecule has 2 fully saturated rings. The van der Waals surface area contributed by atoms with Crippen molar-refractivity contribution in [1.29, 1.82) is 0 Å². The van der Waals surface area contributed by atoms with E-state index in [4.69, 9.17) is 0 Å². The average molecular weight is 345 g/mol. The van der Waals surface area contributed by atoms with Gasteiger partial charge in [0.2, 0.25) is 5.91 Å². The van der Waals surface area contributed by atoms with Gasteiger partial charge < -0.3 is 15.1 Å². The van der Waals surface area contributed by atoms with Gasteiger partial charge in [-0.15, -0.1) is 0 Å². The van der Waals surface area contributed by atoms with Gasteiger partial charge in [-0.3, -0.25) is 9.59 Å². The minimum Gasteiger partial charge on any atom is -0.367 e. The second-order valence-corrected chi connectivity index (χ2v) is 6.96. The van der Waals surface area contributed by atoms with Crippen LogP contribution < -0.4 is 5.32 Å². The Kier molecular flexibility index (Phi) is 5.50. The topological polar surface area (TPSA) is 78.4 Å². The Morgan fingerprint density at radius 2 is 1.68 bits per heavy atom. The summed E-state index contributed by atoms with van der Waals surface area (Å²) in [7, 11) is 0. The van der Waals surface area contributed by atoms with E-state index in [0.717, 1.165) is 18.7 Å². The number of piperazine rings is 1. The highest BCUT2D eigenvalue weighted by molar-refractivity contribution is 5.93. The van der Waals surface area contributed by atoms with Gasteiger partial charge in [-0.05, 0) is 19.8 Å². The maximum atomic E-state index is 12.8. The predicted molar refractivity (Wildman–Crippen MR) is 95.4 cm³/mol. The molecule has 2 heterocycles. The van der Waals surface area contributed by atoms with E-state index in [2.05, 4.69) is 15.3 Å². The summed E-state index contributed by atoms with van der Waals surface area (Å²) < 4.78 is 0. The van der Waals surface area contributed by atoms with E-state index in [1.165, 1.54) is 19.3 Å². The van der Waals surface area contributed by atoms with Crippen LogP contribution in [-0.4, -0.2) is 63.8 Å². The first kappa shape index (κ1) is 17.6. The summed E-state index contributed by atoms with van der Waals surface area (Å²) in [5.74, 6) is 1.32. The van der Waals surface area contributed by atoms with E-state index in [9.17, 15) is 9.59 Å². The predicted octanol–water partition coefficient (Wildman–Crippen LogP) is 1.83. The van der Waals surface area contributed by atoms with Crippen molar-refractivity contribution in [3.8, 4) is 0 Å². The third kappa shape index (κ3) is 4.46. The second kappa shape index (κ2) is 7.80. The lowest BCUT2D eigenvalue weighted by Gasteiger charge is -2.34. The number of anilines is 1. The molecule has 136 valence electrons. The van der Waals surface area contributed by atoms with Crippen LogP contribution in [0.3, 0.4) is 0 Å². The molecule has 0 aromatic carbocycles. The fourth-order valence-electron chi connectivity index (χ4n) is 3.59. The molecule has 0 atom stereocenters. The summed E-state index contributed by atoms with van der Waals surface area (Å²) >= 11 is 0. The molecule has 25 heavy (non-hydrogen) atoms. The Bertz CT molecular complexity index is 634. The number of amides is 2. The van der Waals surface area contributed by atoms with Crippen molar-refractivity contribution in [3.63, 3.8) is 0 Å². The first-order chi connectivity index (χ1) is 12.0. The molecule has 7 heteroatoms. The highest BCUT2D eigenvalue weighted by atomic mass is 16.2. The zero-order valence-electron chi connectivity index (χ0n) is 15.1. The van der Waals surface area contributed by atoms with E-state index < -0.39 is 0 Å². The van der Waals surface area contributed by atoms with Crippen LogP contribution in [0, 0.1) is 6.92 Å². The summed E-state index contributed by atoms with van der Waals surface area (Å²) in [5, 5.41) is 3.47. The van der Waals surface area contributed by atoms with E-state index in [0.29, 0.717) is 43.7 Å². The molecule has 1 N–H and O–H groups in total. The van der Waals surface area contributed by atoms with Gasteiger partial charge in [0.05, 0.1) is 0 Å². The van der Waals surface area contributed by atoms with Crippen molar-refractivity contribution < 1.29 is 9.59 Å². The monoisotopic (exact) mass is 345 g/mol. The molecule has 0 spiro atoms. The minimum absolute atomic E-state index is 0.0592. The molecule has 3 rings (SSSR count). The van der Waals surface area contributed by atoms with Crippen LogP contribution >= 0.6 is 0 Å². The largest absolute Gasteiger partial charge is 0.367 e. The first-order valence-corrected chi connectivity index (χ1v) is 9.20. The van der Waals surface area contributed by atoms with Crippen LogP contribution in [-0.2, 0) is 4.79 Å². The van der Waals surface area contributed by atoms with Crippen molar-refractivity contribution in [3.05, 3.63) is 17.6 Å². The van der Waals surface area contributed by atoms with Crippen LogP contribution in [0.25, 0.3) is 0 Å². The summed E-state index contributed by atoms with van der Waals surface area (Å²) in [6.45, 7) is 5.64.